The first kappa shape index (κ1) is 14.4. The summed E-state index contributed by atoms with van der Waals surface area (Å²) in [5.41, 5.74) is 2.21. The van der Waals surface area contributed by atoms with Gasteiger partial charge in [0.05, 0.1) is 6.42 Å². The normalized spacial score (nSPS) is 16.9. The van der Waals surface area contributed by atoms with Crippen molar-refractivity contribution in [3.05, 3.63) is 29.8 Å². The molecule has 1 aliphatic heterocycles. The van der Waals surface area contributed by atoms with Crippen LogP contribution in [-0.4, -0.2) is 37.1 Å². The van der Waals surface area contributed by atoms with E-state index in [1.165, 1.54) is 0 Å². The molecule has 1 amide bonds. The molecule has 1 heterocycles. The van der Waals surface area contributed by atoms with Crippen molar-refractivity contribution >= 4 is 17.6 Å². The molecule has 5 heteroatoms. The lowest BCUT2D eigenvalue weighted by Gasteiger charge is -2.19. The van der Waals surface area contributed by atoms with Crippen LogP contribution in [0.4, 0.5) is 5.69 Å². The number of hydrogen-bond acceptors (Lipinski definition) is 3. The first-order chi connectivity index (χ1) is 9.61. The van der Waals surface area contributed by atoms with E-state index in [0.29, 0.717) is 6.42 Å². The second-order valence-electron chi connectivity index (χ2n) is 5.08. The molecular weight excluding hydrogens is 256 g/mol. The standard InChI is InChI=1S/C15H20N2O3/c1-16-14(18)7-4-8-17-10-11(9-15(19)20)12-5-2-3-6-13(12)17/h2-3,5-6,11H,4,7-10H2,1H3,(H,16,18)(H,19,20). The number of anilines is 1. The highest BCUT2D eigenvalue weighted by atomic mass is 16.4. The maximum atomic E-state index is 11.2. The molecule has 108 valence electrons. The summed E-state index contributed by atoms with van der Waals surface area (Å²) in [6.45, 7) is 1.50. The fraction of sp³-hybridized carbons (Fsp3) is 0.467. The molecule has 2 rings (SSSR count). The highest BCUT2D eigenvalue weighted by Crippen LogP contribution is 2.37. The van der Waals surface area contributed by atoms with Crippen LogP contribution in [0.15, 0.2) is 24.3 Å². The Morgan fingerprint density at radius 2 is 2.15 bits per heavy atom. The van der Waals surface area contributed by atoms with Crippen LogP contribution >= 0.6 is 0 Å². The Hall–Kier alpha value is -2.04. The highest BCUT2D eigenvalue weighted by Gasteiger charge is 2.29. The summed E-state index contributed by atoms with van der Waals surface area (Å²) < 4.78 is 0. The van der Waals surface area contributed by atoms with Gasteiger partial charge in [0.2, 0.25) is 5.91 Å². The monoisotopic (exact) mass is 276 g/mol. The van der Waals surface area contributed by atoms with Gasteiger partial charge in [0.25, 0.3) is 0 Å². The minimum atomic E-state index is -0.767. The number of nitrogens with one attached hydrogen (secondary N) is 1. The molecule has 1 atom stereocenters. The SMILES string of the molecule is CNC(=O)CCCN1CC(CC(=O)O)c2ccccc21. The molecule has 5 nitrogen and oxygen atoms in total. The van der Waals surface area contributed by atoms with Crippen LogP contribution in [0.1, 0.15) is 30.7 Å². The molecule has 0 radical (unpaired) electrons. The van der Waals surface area contributed by atoms with Crippen LogP contribution in [0.2, 0.25) is 0 Å². The lowest BCUT2D eigenvalue weighted by molar-refractivity contribution is -0.137. The van der Waals surface area contributed by atoms with E-state index in [2.05, 4.69) is 10.2 Å². The summed E-state index contributed by atoms with van der Waals surface area (Å²) >= 11 is 0. The summed E-state index contributed by atoms with van der Waals surface area (Å²) in [6.07, 6.45) is 1.43. The molecule has 0 spiro atoms. The molecule has 0 fully saturated rings. The third kappa shape index (κ3) is 3.29. The molecule has 1 aromatic carbocycles. The van der Waals surface area contributed by atoms with E-state index in [0.717, 1.165) is 30.8 Å². The van der Waals surface area contributed by atoms with E-state index < -0.39 is 5.97 Å². The number of amides is 1. The molecule has 0 saturated heterocycles. The number of carbonyl (C=O) groups is 2. The van der Waals surface area contributed by atoms with Gasteiger partial charge in [-0.1, -0.05) is 18.2 Å². The van der Waals surface area contributed by atoms with Gasteiger partial charge >= 0.3 is 5.97 Å². The lowest BCUT2D eigenvalue weighted by atomic mass is 9.98. The van der Waals surface area contributed by atoms with Gasteiger partial charge in [-0.05, 0) is 18.1 Å². The van der Waals surface area contributed by atoms with Crippen molar-refractivity contribution in [1.29, 1.82) is 0 Å². The zero-order valence-corrected chi connectivity index (χ0v) is 11.6. The molecular formula is C15H20N2O3. The number of carbonyl (C=O) groups excluding carboxylic acids is 1. The van der Waals surface area contributed by atoms with Crippen molar-refractivity contribution in [2.24, 2.45) is 0 Å². The summed E-state index contributed by atoms with van der Waals surface area (Å²) in [4.78, 5) is 24.4. The van der Waals surface area contributed by atoms with Crippen LogP contribution in [0.25, 0.3) is 0 Å². The van der Waals surface area contributed by atoms with Gasteiger partial charge < -0.3 is 15.3 Å². The van der Waals surface area contributed by atoms with Gasteiger partial charge in [0.1, 0.15) is 0 Å². The van der Waals surface area contributed by atoms with Gasteiger partial charge in [0.15, 0.2) is 0 Å². The van der Waals surface area contributed by atoms with E-state index in [1.807, 2.05) is 24.3 Å². The van der Waals surface area contributed by atoms with Crippen molar-refractivity contribution in [3.63, 3.8) is 0 Å². The third-order valence-corrected chi connectivity index (χ3v) is 3.69. The molecule has 0 aromatic heterocycles. The van der Waals surface area contributed by atoms with Crippen LogP contribution in [0.3, 0.4) is 0 Å². The van der Waals surface area contributed by atoms with Gasteiger partial charge in [-0.15, -0.1) is 0 Å². The average Bonchev–Trinajstić information content (AvgIpc) is 2.77. The van der Waals surface area contributed by atoms with Crippen molar-refractivity contribution in [2.75, 3.05) is 25.0 Å². The quantitative estimate of drug-likeness (QED) is 0.828. The first-order valence-corrected chi connectivity index (χ1v) is 6.88. The number of fused-ring (bicyclic) bond motifs is 1. The Kier molecular flexibility index (Phi) is 4.61. The number of nitrogens with zero attached hydrogens (tertiary/aromatic N) is 1. The number of aliphatic carboxylic acids is 1. The van der Waals surface area contributed by atoms with E-state index in [4.69, 9.17) is 5.11 Å². The molecule has 1 unspecified atom stereocenters. The maximum absolute atomic E-state index is 11.2. The van der Waals surface area contributed by atoms with Crippen molar-refractivity contribution in [1.82, 2.24) is 5.32 Å². The fourth-order valence-corrected chi connectivity index (χ4v) is 2.74. The van der Waals surface area contributed by atoms with Crippen LogP contribution in [0, 0.1) is 0 Å². The topological polar surface area (TPSA) is 69.6 Å². The second kappa shape index (κ2) is 6.41. The lowest BCUT2D eigenvalue weighted by Crippen LogP contribution is -2.25. The van der Waals surface area contributed by atoms with Crippen molar-refractivity contribution in [3.8, 4) is 0 Å². The molecule has 20 heavy (non-hydrogen) atoms. The summed E-state index contributed by atoms with van der Waals surface area (Å²) in [7, 11) is 1.64. The van der Waals surface area contributed by atoms with Gasteiger partial charge in [-0.25, -0.2) is 0 Å². The summed E-state index contributed by atoms with van der Waals surface area (Å²) in [5, 5.41) is 11.6. The predicted octanol–water partition coefficient (Wildman–Crippen LogP) is 1.59. The Balaban J connectivity index is 2.01. The molecule has 2 N–H and O–H groups in total. The number of carboxylic acid groups (broad SMARTS) is 1. The number of benzene rings is 1. The Morgan fingerprint density at radius 3 is 2.85 bits per heavy atom. The Labute approximate surface area is 118 Å². The van der Waals surface area contributed by atoms with Crippen molar-refractivity contribution in [2.45, 2.75) is 25.2 Å². The molecule has 0 aliphatic carbocycles. The number of para-hydroxylation sites is 1. The molecule has 1 aromatic rings. The zero-order valence-electron chi connectivity index (χ0n) is 11.6. The summed E-state index contributed by atoms with van der Waals surface area (Å²) in [6, 6.07) is 7.94. The van der Waals surface area contributed by atoms with Gasteiger partial charge in [-0.2, -0.15) is 0 Å². The van der Waals surface area contributed by atoms with Crippen LogP contribution < -0.4 is 10.2 Å². The van der Waals surface area contributed by atoms with Crippen LogP contribution in [0.5, 0.6) is 0 Å². The number of rotatable bonds is 6. The van der Waals surface area contributed by atoms with E-state index in [-0.39, 0.29) is 18.2 Å². The van der Waals surface area contributed by atoms with E-state index >= 15 is 0 Å². The molecule has 1 aliphatic rings. The Bertz CT molecular complexity index is 502. The van der Waals surface area contributed by atoms with E-state index in [9.17, 15) is 9.59 Å². The Morgan fingerprint density at radius 1 is 1.40 bits per heavy atom. The van der Waals surface area contributed by atoms with E-state index in [1.54, 1.807) is 7.05 Å². The minimum absolute atomic E-state index is 0.0413. The average molecular weight is 276 g/mol. The van der Waals surface area contributed by atoms with Gasteiger partial charge in [-0.3, -0.25) is 9.59 Å². The maximum Gasteiger partial charge on any atom is 0.304 e. The minimum Gasteiger partial charge on any atom is -0.481 e. The largest absolute Gasteiger partial charge is 0.481 e. The first-order valence-electron chi connectivity index (χ1n) is 6.88. The van der Waals surface area contributed by atoms with Crippen LogP contribution in [-0.2, 0) is 9.59 Å². The fourth-order valence-electron chi connectivity index (χ4n) is 2.74. The zero-order chi connectivity index (χ0) is 14.5. The smallest absolute Gasteiger partial charge is 0.304 e. The number of hydrogen-bond donors (Lipinski definition) is 2. The second-order valence-corrected chi connectivity index (χ2v) is 5.08. The predicted molar refractivity (Wildman–Crippen MR) is 76.9 cm³/mol. The molecule has 0 saturated carbocycles. The highest BCUT2D eigenvalue weighted by molar-refractivity contribution is 5.75. The molecule has 0 bridgehead atoms. The third-order valence-electron chi connectivity index (χ3n) is 3.69. The summed E-state index contributed by atoms with van der Waals surface area (Å²) in [5.74, 6) is -0.680. The van der Waals surface area contributed by atoms with Crippen molar-refractivity contribution < 1.29 is 14.7 Å². The van der Waals surface area contributed by atoms with Gasteiger partial charge in [0, 0.05) is 38.2 Å². The number of carboxylic acids is 1.